The Labute approximate surface area is 201 Å². The van der Waals surface area contributed by atoms with Gasteiger partial charge in [-0.25, -0.2) is 0 Å². The van der Waals surface area contributed by atoms with E-state index in [0.29, 0.717) is 0 Å². The molecule has 0 radical (unpaired) electrons. The monoisotopic (exact) mass is 461 g/mol. The van der Waals surface area contributed by atoms with E-state index in [-0.39, 0.29) is 18.2 Å². The molecule has 33 heavy (non-hydrogen) atoms. The van der Waals surface area contributed by atoms with Crippen LogP contribution in [0.1, 0.15) is 42.7 Å². The highest BCUT2D eigenvalue weighted by molar-refractivity contribution is 7.80. The molecule has 7 heteroatoms. The number of pyridine rings is 1. The van der Waals surface area contributed by atoms with Gasteiger partial charge in [-0.1, -0.05) is 24.3 Å². The number of thiocarbonyl (C=S) groups is 1. The molecule has 2 aromatic heterocycles. The molecule has 0 bridgehead atoms. The second-order valence-corrected chi connectivity index (χ2v) is 9.07. The Kier molecular flexibility index (Phi) is 6.88. The predicted octanol–water partition coefficient (Wildman–Crippen LogP) is 4.54. The highest BCUT2D eigenvalue weighted by Gasteiger charge is 2.41. The third-order valence-electron chi connectivity index (χ3n) is 6.47. The minimum Gasteiger partial charge on any atom is -0.385 e. The van der Waals surface area contributed by atoms with Gasteiger partial charge in [-0.05, 0) is 67.9 Å². The molecule has 0 saturated carbocycles. The van der Waals surface area contributed by atoms with Crippen molar-refractivity contribution in [3.05, 3.63) is 84.4 Å². The van der Waals surface area contributed by atoms with Crippen molar-refractivity contribution in [2.45, 2.75) is 44.0 Å². The molecular weight excluding hydrogens is 430 g/mol. The predicted molar refractivity (Wildman–Crippen MR) is 135 cm³/mol. The van der Waals surface area contributed by atoms with Crippen LogP contribution in [0.5, 0.6) is 0 Å². The van der Waals surface area contributed by atoms with Gasteiger partial charge < -0.3 is 24.8 Å². The molecule has 6 nitrogen and oxygen atoms in total. The first-order valence-electron chi connectivity index (χ1n) is 11.8. The number of aromatic nitrogens is 2. The Bertz CT molecular complexity index is 1040. The molecule has 2 aliphatic rings. The molecule has 2 saturated heterocycles. The van der Waals surface area contributed by atoms with E-state index in [1.165, 1.54) is 5.69 Å². The highest BCUT2D eigenvalue weighted by atomic mass is 32.1. The molecule has 3 atom stereocenters. The van der Waals surface area contributed by atoms with Gasteiger partial charge in [-0.2, -0.15) is 0 Å². The molecule has 0 amide bonds. The summed E-state index contributed by atoms with van der Waals surface area (Å²) in [4.78, 5) is 7.00. The van der Waals surface area contributed by atoms with Gasteiger partial charge in [-0.3, -0.25) is 4.98 Å². The van der Waals surface area contributed by atoms with Crippen molar-refractivity contribution in [1.29, 1.82) is 0 Å². The van der Waals surface area contributed by atoms with Crippen molar-refractivity contribution < 1.29 is 4.74 Å². The van der Waals surface area contributed by atoms with Crippen molar-refractivity contribution in [3.8, 4) is 0 Å². The molecule has 0 aliphatic carbocycles. The summed E-state index contributed by atoms with van der Waals surface area (Å²) < 4.78 is 8.28. The van der Waals surface area contributed by atoms with Crippen molar-refractivity contribution >= 4 is 23.0 Å². The van der Waals surface area contributed by atoms with Gasteiger partial charge in [0, 0.05) is 50.0 Å². The smallest absolute Gasteiger partial charge is 0.170 e. The zero-order chi connectivity index (χ0) is 22.5. The summed E-state index contributed by atoms with van der Waals surface area (Å²) in [5.74, 6) is 0. The standard InChI is InChI=1S/C26H31N5OS/c33-26-29-24(22-12-4-5-14-28-22)25(23-13-6-16-30(23)19-21-11-7-18-32-21)31(26)17-8-15-27-20-9-2-1-3-10-20/h1-6,9-10,12-14,16,21,24-25,27H,7-8,11,15,17-19H2,(H,29,33). The summed E-state index contributed by atoms with van der Waals surface area (Å²) in [6.45, 7) is 3.50. The Morgan fingerprint density at radius 2 is 1.97 bits per heavy atom. The van der Waals surface area contributed by atoms with Crippen molar-refractivity contribution in [2.24, 2.45) is 0 Å². The summed E-state index contributed by atoms with van der Waals surface area (Å²) in [6.07, 6.45) is 7.56. The van der Waals surface area contributed by atoms with Crippen LogP contribution in [0.25, 0.3) is 0 Å². The number of hydrogen-bond donors (Lipinski definition) is 2. The quantitative estimate of drug-likeness (QED) is 0.361. The molecular formula is C26H31N5OS. The summed E-state index contributed by atoms with van der Waals surface area (Å²) in [7, 11) is 0. The van der Waals surface area contributed by atoms with E-state index in [1.54, 1.807) is 0 Å². The summed E-state index contributed by atoms with van der Waals surface area (Å²) in [6, 6.07) is 20.9. The van der Waals surface area contributed by atoms with Crippen LogP contribution in [0.4, 0.5) is 5.69 Å². The Balaban J connectivity index is 1.35. The Morgan fingerprint density at radius 3 is 2.76 bits per heavy atom. The van der Waals surface area contributed by atoms with E-state index < -0.39 is 0 Å². The first-order valence-corrected chi connectivity index (χ1v) is 12.2. The third-order valence-corrected chi connectivity index (χ3v) is 6.82. The van der Waals surface area contributed by atoms with Crippen LogP contribution in [0.2, 0.25) is 0 Å². The SMILES string of the molecule is S=C1NC(c2ccccn2)C(c2cccn2CC2CCCO2)N1CCCNc1ccccc1. The minimum atomic E-state index is 0.0129. The maximum atomic E-state index is 5.93. The lowest BCUT2D eigenvalue weighted by Gasteiger charge is -2.29. The van der Waals surface area contributed by atoms with Crippen LogP contribution in [-0.2, 0) is 11.3 Å². The van der Waals surface area contributed by atoms with Gasteiger partial charge in [-0.15, -0.1) is 0 Å². The van der Waals surface area contributed by atoms with Crippen molar-refractivity contribution in [1.82, 2.24) is 19.8 Å². The second kappa shape index (κ2) is 10.4. The molecule has 4 heterocycles. The number of rotatable bonds is 9. The van der Waals surface area contributed by atoms with E-state index in [9.17, 15) is 0 Å². The fourth-order valence-electron chi connectivity index (χ4n) is 4.88. The molecule has 0 spiro atoms. The van der Waals surface area contributed by atoms with E-state index in [4.69, 9.17) is 17.0 Å². The van der Waals surface area contributed by atoms with Crippen molar-refractivity contribution in [2.75, 3.05) is 25.0 Å². The zero-order valence-electron chi connectivity index (χ0n) is 18.8. The van der Waals surface area contributed by atoms with Gasteiger partial charge in [0.25, 0.3) is 0 Å². The van der Waals surface area contributed by atoms with E-state index in [2.05, 4.69) is 73.7 Å². The van der Waals surface area contributed by atoms with Crippen LogP contribution in [0, 0.1) is 0 Å². The summed E-state index contributed by atoms with van der Waals surface area (Å²) in [5.41, 5.74) is 3.41. The van der Waals surface area contributed by atoms with Crippen LogP contribution < -0.4 is 10.6 Å². The van der Waals surface area contributed by atoms with Gasteiger partial charge in [0.2, 0.25) is 0 Å². The van der Waals surface area contributed by atoms with Gasteiger partial charge in [0.15, 0.2) is 5.11 Å². The molecule has 1 aromatic carbocycles. The van der Waals surface area contributed by atoms with E-state index in [1.807, 2.05) is 24.4 Å². The largest absolute Gasteiger partial charge is 0.385 e. The molecule has 172 valence electrons. The number of anilines is 1. The average molecular weight is 462 g/mol. The fourth-order valence-corrected chi connectivity index (χ4v) is 5.21. The van der Waals surface area contributed by atoms with Crippen LogP contribution >= 0.6 is 12.2 Å². The minimum absolute atomic E-state index is 0.0129. The maximum Gasteiger partial charge on any atom is 0.170 e. The third kappa shape index (κ3) is 5.04. The molecule has 3 aromatic rings. The lowest BCUT2D eigenvalue weighted by molar-refractivity contribution is 0.0953. The number of nitrogens with one attached hydrogen (secondary N) is 2. The second-order valence-electron chi connectivity index (χ2n) is 8.69. The topological polar surface area (TPSA) is 54.4 Å². The lowest BCUT2D eigenvalue weighted by atomic mass is 10.0. The first-order chi connectivity index (χ1) is 16.3. The Hall–Kier alpha value is -2.90. The summed E-state index contributed by atoms with van der Waals surface area (Å²) >= 11 is 5.83. The van der Waals surface area contributed by atoms with E-state index >= 15 is 0 Å². The summed E-state index contributed by atoms with van der Waals surface area (Å²) in [5, 5.41) is 7.87. The number of ether oxygens (including phenoxy) is 1. The Morgan fingerprint density at radius 1 is 1.09 bits per heavy atom. The van der Waals surface area contributed by atoms with Crippen molar-refractivity contribution in [3.63, 3.8) is 0 Å². The van der Waals surface area contributed by atoms with Crippen LogP contribution in [0.15, 0.2) is 73.1 Å². The van der Waals surface area contributed by atoms with Gasteiger partial charge in [0.1, 0.15) is 0 Å². The number of nitrogens with zero attached hydrogens (tertiary/aromatic N) is 3. The van der Waals surface area contributed by atoms with Crippen LogP contribution in [0.3, 0.4) is 0 Å². The molecule has 5 rings (SSSR count). The number of benzene rings is 1. The highest BCUT2D eigenvalue weighted by Crippen LogP contribution is 2.39. The number of hydrogen-bond acceptors (Lipinski definition) is 4. The first kappa shape index (κ1) is 21.9. The average Bonchev–Trinajstić information content (AvgIpc) is 3.59. The van der Waals surface area contributed by atoms with Crippen LogP contribution in [-0.4, -0.2) is 45.4 Å². The number of para-hydroxylation sites is 1. The van der Waals surface area contributed by atoms with E-state index in [0.717, 1.165) is 62.0 Å². The molecule has 2 fully saturated rings. The lowest BCUT2D eigenvalue weighted by Crippen LogP contribution is -2.32. The molecule has 2 aliphatic heterocycles. The fraction of sp³-hybridized carbons (Fsp3) is 0.385. The molecule has 2 N–H and O–H groups in total. The maximum absolute atomic E-state index is 5.93. The van der Waals surface area contributed by atoms with Gasteiger partial charge in [0.05, 0.1) is 23.9 Å². The van der Waals surface area contributed by atoms with Gasteiger partial charge >= 0.3 is 0 Å². The molecule has 3 unspecified atom stereocenters. The normalized spacial score (nSPS) is 22.5. The zero-order valence-corrected chi connectivity index (χ0v) is 19.6.